The van der Waals surface area contributed by atoms with Crippen molar-refractivity contribution in [1.82, 2.24) is 4.37 Å². The van der Waals surface area contributed by atoms with Crippen LogP contribution < -0.4 is 9.44 Å². The van der Waals surface area contributed by atoms with E-state index in [-0.39, 0.29) is 4.90 Å². The molecular weight excluding hydrogens is 322 g/mol. The molecule has 0 atom stereocenters. The lowest BCUT2D eigenvalue weighted by Gasteiger charge is -2.07. The lowest BCUT2D eigenvalue weighted by molar-refractivity contribution is 0.601. The van der Waals surface area contributed by atoms with E-state index in [1.165, 1.54) is 30.5 Å². The van der Waals surface area contributed by atoms with Crippen LogP contribution >= 0.6 is 11.5 Å². The minimum absolute atomic E-state index is 0.0303. The Bertz CT molecular complexity index is 781. The Kier molecular flexibility index (Phi) is 3.97. The first-order valence-corrected chi connectivity index (χ1v) is 9.47. The Morgan fingerprint density at radius 3 is 2.15 bits per heavy atom. The zero-order valence-electron chi connectivity index (χ0n) is 10.3. The Balaban J connectivity index is 2.21. The second-order valence-electron chi connectivity index (χ2n) is 3.92. The van der Waals surface area contributed by atoms with Crippen LogP contribution in [0.25, 0.3) is 0 Å². The maximum atomic E-state index is 12.0. The molecule has 0 bridgehead atoms. The summed E-state index contributed by atoms with van der Waals surface area (Å²) >= 11 is 1.13. The average molecular weight is 333 g/mol. The summed E-state index contributed by atoms with van der Waals surface area (Å²) in [4.78, 5) is 0.0303. The molecule has 0 fully saturated rings. The van der Waals surface area contributed by atoms with Crippen molar-refractivity contribution >= 4 is 43.0 Å². The molecule has 0 spiro atoms. The highest BCUT2D eigenvalue weighted by molar-refractivity contribution is 7.92. The van der Waals surface area contributed by atoms with Crippen LogP contribution in [0.2, 0.25) is 0 Å². The molecular formula is C10H11N3O4S3. The maximum Gasteiger partial charge on any atom is 0.261 e. The van der Waals surface area contributed by atoms with E-state index >= 15 is 0 Å². The topological polar surface area (TPSA) is 105 Å². The average Bonchev–Trinajstić information content (AvgIpc) is 2.79. The van der Waals surface area contributed by atoms with Gasteiger partial charge in [0.1, 0.15) is 0 Å². The molecule has 1 aromatic carbocycles. The van der Waals surface area contributed by atoms with Crippen LogP contribution in [0.4, 0.5) is 11.4 Å². The van der Waals surface area contributed by atoms with E-state index in [2.05, 4.69) is 13.8 Å². The van der Waals surface area contributed by atoms with Crippen LogP contribution in [0, 0.1) is 0 Å². The standard InChI is InChI=1S/C10H11N3O4S3/c1-19(14,15)12-8-2-4-10(5-3-8)20(16,17)13-9-6-11-18-7-9/h2-7,12-13H,1H3. The van der Waals surface area contributed by atoms with Crippen LogP contribution in [0.5, 0.6) is 0 Å². The molecule has 0 aliphatic carbocycles. The quantitative estimate of drug-likeness (QED) is 0.858. The fourth-order valence-electron chi connectivity index (χ4n) is 1.39. The normalized spacial score (nSPS) is 12.1. The van der Waals surface area contributed by atoms with Crippen LogP contribution in [0.1, 0.15) is 0 Å². The Morgan fingerprint density at radius 2 is 1.65 bits per heavy atom. The van der Waals surface area contributed by atoms with Gasteiger partial charge in [-0.3, -0.25) is 9.44 Å². The van der Waals surface area contributed by atoms with Crippen LogP contribution in [0.3, 0.4) is 0 Å². The number of hydrogen-bond acceptors (Lipinski definition) is 6. The summed E-state index contributed by atoms with van der Waals surface area (Å²) in [5.74, 6) is 0. The van der Waals surface area contributed by atoms with Crippen molar-refractivity contribution in [2.75, 3.05) is 15.7 Å². The van der Waals surface area contributed by atoms with Crippen molar-refractivity contribution in [2.24, 2.45) is 0 Å². The maximum absolute atomic E-state index is 12.0. The number of sulfonamides is 2. The molecule has 20 heavy (non-hydrogen) atoms. The summed E-state index contributed by atoms with van der Waals surface area (Å²) in [5.41, 5.74) is 0.678. The summed E-state index contributed by atoms with van der Waals surface area (Å²) in [6, 6.07) is 5.38. The van der Waals surface area contributed by atoms with E-state index in [0.717, 1.165) is 17.8 Å². The largest absolute Gasteiger partial charge is 0.284 e. The van der Waals surface area contributed by atoms with Crippen molar-refractivity contribution < 1.29 is 16.8 Å². The summed E-state index contributed by atoms with van der Waals surface area (Å²) in [6.45, 7) is 0. The Morgan fingerprint density at radius 1 is 1.00 bits per heavy atom. The number of hydrogen-bond donors (Lipinski definition) is 2. The molecule has 0 saturated heterocycles. The third-order valence-corrected chi connectivity index (χ3v) is 4.74. The first-order valence-electron chi connectivity index (χ1n) is 5.26. The number of nitrogens with zero attached hydrogens (tertiary/aromatic N) is 1. The zero-order chi connectivity index (χ0) is 14.8. The van der Waals surface area contributed by atoms with Gasteiger partial charge in [-0.2, -0.15) is 4.37 Å². The molecule has 0 aliphatic heterocycles. The molecule has 0 radical (unpaired) electrons. The monoisotopic (exact) mass is 333 g/mol. The minimum atomic E-state index is -3.70. The fourth-order valence-corrected chi connectivity index (χ4v) is 3.53. The van der Waals surface area contributed by atoms with Gasteiger partial charge in [0.2, 0.25) is 10.0 Å². The molecule has 2 aromatic rings. The Hall–Kier alpha value is -1.65. The van der Waals surface area contributed by atoms with Gasteiger partial charge in [0.05, 0.1) is 23.0 Å². The van der Waals surface area contributed by atoms with Gasteiger partial charge >= 0.3 is 0 Å². The van der Waals surface area contributed by atoms with Crippen molar-refractivity contribution in [2.45, 2.75) is 4.90 Å². The molecule has 0 saturated carbocycles. The fraction of sp³-hybridized carbons (Fsp3) is 0.100. The Labute approximate surface area is 120 Å². The number of nitrogens with one attached hydrogen (secondary N) is 2. The minimum Gasteiger partial charge on any atom is -0.284 e. The molecule has 0 unspecified atom stereocenters. The smallest absolute Gasteiger partial charge is 0.261 e. The number of aromatic nitrogens is 1. The van der Waals surface area contributed by atoms with E-state index in [1.54, 1.807) is 5.38 Å². The lowest BCUT2D eigenvalue weighted by atomic mass is 10.3. The van der Waals surface area contributed by atoms with E-state index < -0.39 is 20.0 Å². The third-order valence-electron chi connectivity index (χ3n) is 2.15. The van der Waals surface area contributed by atoms with E-state index in [9.17, 15) is 16.8 Å². The molecule has 2 N–H and O–H groups in total. The van der Waals surface area contributed by atoms with Gasteiger partial charge < -0.3 is 0 Å². The molecule has 1 heterocycles. The summed E-state index contributed by atoms with van der Waals surface area (Å²) < 4.78 is 54.5. The van der Waals surface area contributed by atoms with Gasteiger partial charge in [0.25, 0.3) is 10.0 Å². The van der Waals surface area contributed by atoms with Crippen molar-refractivity contribution in [3.05, 3.63) is 35.8 Å². The van der Waals surface area contributed by atoms with Crippen molar-refractivity contribution in [3.8, 4) is 0 Å². The molecule has 2 rings (SSSR count). The third kappa shape index (κ3) is 3.92. The highest BCUT2D eigenvalue weighted by atomic mass is 32.2. The van der Waals surface area contributed by atoms with Gasteiger partial charge in [0, 0.05) is 11.1 Å². The lowest BCUT2D eigenvalue weighted by Crippen LogP contribution is -2.13. The number of rotatable bonds is 5. The van der Waals surface area contributed by atoms with Gasteiger partial charge in [-0.25, -0.2) is 16.8 Å². The molecule has 7 nitrogen and oxygen atoms in total. The summed E-state index contributed by atoms with van der Waals surface area (Å²) in [6.07, 6.45) is 2.42. The summed E-state index contributed by atoms with van der Waals surface area (Å²) in [7, 11) is -7.09. The van der Waals surface area contributed by atoms with Gasteiger partial charge in [-0.1, -0.05) is 0 Å². The van der Waals surface area contributed by atoms with Gasteiger partial charge in [0.15, 0.2) is 0 Å². The molecule has 0 amide bonds. The van der Waals surface area contributed by atoms with Gasteiger partial charge in [-0.15, -0.1) is 0 Å². The number of benzene rings is 1. The molecule has 108 valence electrons. The van der Waals surface area contributed by atoms with E-state index in [0.29, 0.717) is 11.4 Å². The molecule has 0 aliphatic rings. The number of anilines is 2. The molecule has 10 heteroatoms. The van der Waals surface area contributed by atoms with Crippen LogP contribution in [-0.2, 0) is 20.0 Å². The van der Waals surface area contributed by atoms with Crippen molar-refractivity contribution in [3.63, 3.8) is 0 Å². The van der Waals surface area contributed by atoms with E-state index in [4.69, 9.17) is 0 Å². The van der Waals surface area contributed by atoms with E-state index in [1.807, 2.05) is 0 Å². The SMILES string of the molecule is CS(=O)(=O)Nc1ccc(S(=O)(=O)Nc2cnsc2)cc1. The highest BCUT2D eigenvalue weighted by Gasteiger charge is 2.14. The predicted octanol–water partition coefficient (Wildman–Crippen LogP) is 1.32. The first kappa shape index (κ1) is 14.8. The second-order valence-corrected chi connectivity index (χ2v) is 8.01. The summed E-state index contributed by atoms with van der Waals surface area (Å²) in [5, 5.41) is 1.57. The zero-order valence-corrected chi connectivity index (χ0v) is 12.7. The highest BCUT2D eigenvalue weighted by Crippen LogP contribution is 2.19. The first-order chi connectivity index (χ1) is 9.26. The molecule has 1 aromatic heterocycles. The van der Waals surface area contributed by atoms with Crippen molar-refractivity contribution in [1.29, 1.82) is 0 Å². The van der Waals surface area contributed by atoms with Gasteiger partial charge in [-0.05, 0) is 35.8 Å². The van der Waals surface area contributed by atoms with Crippen LogP contribution in [0.15, 0.2) is 40.7 Å². The van der Waals surface area contributed by atoms with Crippen LogP contribution in [-0.4, -0.2) is 27.5 Å². The predicted molar refractivity (Wildman–Crippen MR) is 77.8 cm³/mol. The second kappa shape index (κ2) is 5.38.